The van der Waals surface area contributed by atoms with Gasteiger partial charge in [-0.15, -0.1) is 0 Å². The van der Waals surface area contributed by atoms with Crippen LogP contribution >= 0.6 is 0 Å². The Kier molecular flexibility index (Phi) is 5.42. The van der Waals surface area contributed by atoms with Crippen molar-refractivity contribution < 1.29 is 14.5 Å². The van der Waals surface area contributed by atoms with Gasteiger partial charge in [-0.3, -0.25) is 19.8 Å². The lowest BCUT2D eigenvalue weighted by molar-refractivity contribution is -0.384. The zero-order valence-corrected chi connectivity index (χ0v) is 18.7. The molecule has 0 saturated heterocycles. The number of carbonyl (C=O) groups is 1. The summed E-state index contributed by atoms with van der Waals surface area (Å²) in [5, 5.41) is 21.2. The number of allylic oxidation sites excluding steroid dienone is 3. The van der Waals surface area contributed by atoms with E-state index in [4.69, 9.17) is 10.5 Å². The molecule has 0 unspecified atom stereocenters. The molecular formula is C25H24N4O4. The lowest BCUT2D eigenvalue weighted by Gasteiger charge is -2.43. The highest BCUT2D eigenvalue weighted by Gasteiger charge is 2.44. The van der Waals surface area contributed by atoms with Crippen molar-refractivity contribution in [2.45, 2.75) is 32.6 Å². The molecule has 1 aliphatic carbocycles. The molecule has 2 aromatic rings. The molecule has 8 heteroatoms. The number of non-ortho nitro benzene ring substituents is 1. The van der Waals surface area contributed by atoms with E-state index in [0.717, 1.165) is 11.3 Å². The average molecular weight is 444 g/mol. The van der Waals surface area contributed by atoms with Crippen LogP contribution in [0.5, 0.6) is 5.75 Å². The Balaban J connectivity index is 1.96. The summed E-state index contributed by atoms with van der Waals surface area (Å²) in [5.41, 5.74) is 9.03. The third-order valence-corrected chi connectivity index (χ3v) is 6.13. The van der Waals surface area contributed by atoms with Crippen molar-refractivity contribution in [3.8, 4) is 11.8 Å². The van der Waals surface area contributed by atoms with Crippen LogP contribution in [0.1, 0.15) is 38.2 Å². The maximum atomic E-state index is 13.5. The number of rotatable bonds is 4. The number of nitrogens with two attached hydrogens (primary N) is 1. The molecule has 168 valence electrons. The Bertz CT molecular complexity index is 1250. The number of hydrogen-bond acceptors (Lipinski definition) is 7. The predicted octanol–water partition coefficient (Wildman–Crippen LogP) is 4.54. The van der Waals surface area contributed by atoms with Crippen LogP contribution in [0.3, 0.4) is 0 Å². The molecule has 0 fully saturated rings. The number of methoxy groups -OCH3 is 1. The number of nitro benzene ring substituents is 1. The van der Waals surface area contributed by atoms with E-state index in [9.17, 15) is 20.2 Å². The van der Waals surface area contributed by atoms with Crippen LogP contribution in [0.2, 0.25) is 0 Å². The van der Waals surface area contributed by atoms with Crippen molar-refractivity contribution in [3.05, 3.63) is 86.9 Å². The molecule has 1 atom stereocenters. The van der Waals surface area contributed by atoms with Gasteiger partial charge in [0.1, 0.15) is 11.6 Å². The zero-order chi connectivity index (χ0) is 23.9. The molecule has 0 amide bonds. The SMILES string of the molecule is COc1cccc([C@H]2C(C#N)=C(N)N(c3ccc([N+](=O)[O-])cc3)C3=C2C(=O)CC(C)(C)C3)c1. The first-order valence-corrected chi connectivity index (χ1v) is 10.5. The minimum absolute atomic E-state index is 0.0405. The van der Waals surface area contributed by atoms with E-state index in [2.05, 4.69) is 6.07 Å². The molecule has 0 radical (unpaired) electrons. The van der Waals surface area contributed by atoms with E-state index in [1.54, 1.807) is 30.2 Å². The normalized spacial score (nSPS) is 19.8. The van der Waals surface area contributed by atoms with Crippen molar-refractivity contribution in [2.24, 2.45) is 11.1 Å². The van der Waals surface area contributed by atoms with Gasteiger partial charge in [-0.05, 0) is 41.7 Å². The van der Waals surface area contributed by atoms with Crippen molar-refractivity contribution in [3.63, 3.8) is 0 Å². The minimum atomic E-state index is -0.613. The summed E-state index contributed by atoms with van der Waals surface area (Å²) < 4.78 is 5.36. The number of nitriles is 1. The van der Waals surface area contributed by atoms with Crippen LogP contribution in [0, 0.1) is 26.9 Å². The molecule has 1 heterocycles. The van der Waals surface area contributed by atoms with Crippen molar-refractivity contribution in [1.29, 1.82) is 5.26 Å². The van der Waals surface area contributed by atoms with E-state index in [0.29, 0.717) is 29.9 Å². The summed E-state index contributed by atoms with van der Waals surface area (Å²) in [6.45, 7) is 4.03. The maximum absolute atomic E-state index is 13.5. The smallest absolute Gasteiger partial charge is 0.269 e. The van der Waals surface area contributed by atoms with E-state index in [1.165, 1.54) is 12.1 Å². The average Bonchev–Trinajstić information content (AvgIpc) is 2.77. The number of benzene rings is 2. The fourth-order valence-electron chi connectivity index (χ4n) is 4.68. The highest BCUT2D eigenvalue weighted by Crippen LogP contribution is 2.50. The summed E-state index contributed by atoms with van der Waals surface area (Å²) >= 11 is 0. The van der Waals surface area contributed by atoms with Crippen LogP contribution in [-0.2, 0) is 4.79 Å². The number of hydrogen-bond donors (Lipinski definition) is 1. The molecule has 2 aliphatic rings. The monoisotopic (exact) mass is 444 g/mol. The Morgan fingerprint density at radius 1 is 1.21 bits per heavy atom. The van der Waals surface area contributed by atoms with Gasteiger partial charge in [0.25, 0.3) is 5.69 Å². The van der Waals surface area contributed by atoms with Gasteiger partial charge < -0.3 is 10.5 Å². The second-order valence-corrected chi connectivity index (χ2v) is 9.03. The second kappa shape index (κ2) is 8.10. The lowest BCUT2D eigenvalue weighted by atomic mass is 9.68. The van der Waals surface area contributed by atoms with E-state index in [-0.39, 0.29) is 28.3 Å². The summed E-state index contributed by atoms with van der Waals surface area (Å²) in [4.78, 5) is 25.8. The summed E-state index contributed by atoms with van der Waals surface area (Å²) in [5.74, 6) is 0.176. The van der Waals surface area contributed by atoms with Crippen LogP contribution in [0.4, 0.5) is 11.4 Å². The number of nitro groups is 1. The molecule has 0 saturated carbocycles. The third kappa shape index (κ3) is 3.82. The lowest BCUT2D eigenvalue weighted by Crippen LogP contribution is -2.42. The van der Waals surface area contributed by atoms with E-state index in [1.807, 2.05) is 32.0 Å². The van der Waals surface area contributed by atoms with Gasteiger partial charge in [0, 0.05) is 35.5 Å². The largest absolute Gasteiger partial charge is 0.497 e. The Morgan fingerprint density at radius 3 is 2.52 bits per heavy atom. The quantitative estimate of drug-likeness (QED) is 0.542. The summed E-state index contributed by atoms with van der Waals surface area (Å²) in [6.07, 6.45) is 0.907. The van der Waals surface area contributed by atoms with Crippen LogP contribution in [0.15, 0.2) is 71.2 Å². The van der Waals surface area contributed by atoms with Gasteiger partial charge in [-0.25, -0.2) is 0 Å². The summed E-state index contributed by atoms with van der Waals surface area (Å²) in [6, 6.07) is 15.5. The van der Waals surface area contributed by atoms with E-state index < -0.39 is 10.8 Å². The Hall–Kier alpha value is -4.12. The highest BCUT2D eigenvalue weighted by molar-refractivity contribution is 6.01. The molecule has 1 aliphatic heterocycles. The van der Waals surface area contributed by atoms with Gasteiger partial charge in [0.15, 0.2) is 5.78 Å². The summed E-state index contributed by atoms with van der Waals surface area (Å²) in [7, 11) is 1.56. The fraction of sp³-hybridized carbons (Fsp3) is 0.280. The van der Waals surface area contributed by atoms with Gasteiger partial charge in [-0.2, -0.15) is 5.26 Å². The zero-order valence-electron chi connectivity index (χ0n) is 18.7. The molecular weight excluding hydrogens is 420 g/mol. The second-order valence-electron chi connectivity index (χ2n) is 9.03. The van der Waals surface area contributed by atoms with Crippen LogP contribution in [0.25, 0.3) is 0 Å². The standard InChI is InChI=1S/C25H24N4O4/c1-25(2)12-20-23(21(30)13-25)22(15-5-4-6-18(11-15)33-3)19(14-26)24(27)28(20)16-7-9-17(10-8-16)29(31)32/h4-11,22H,12-13,27H2,1-3H3/t22-/m0/s1. The molecule has 2 N–H and O–H groups in total. The number of nitrogens with zero attached hydrogens (tertiary/aromatic N) is 3. The third-order valence-electron chi connectivity index (χ3n) is 6.13. The Labute approximate surface area is 191 Å². The first-order chi connectivity index (χ1) is 15.7. The molecule has 0 bridgehead atoms. The Morgan fingerprint density at radius 2 is 1.91 bits per heavy atom. The number of ketones is 1. The van der Waals surface area contributed by atoms with Crippen LogP contribution < -0.4 is 15.4 Å². The molecule has 0 aromatic heterocycles. The predicted molar refractivity (Wildman–Crippen MR) is 123 cm³/mol. The van der Waals surface area contributed by atoms with Gasteiger partial charge in [0.2, 0.25) is 0 Å². The first kappa shape index (κ1) is 22.1. The minimum Gasteiger partial charge on any atom is -0.497 e. The number of Topliss-reactive ketones (excluding diaryl/α,β-unsaturated/α-hetero) is 1. The van der Waals surface area contributed by atoms with Crippen molar-refractivity contribution >= 4 is 17.2 Å². The first-order valence-electron chi connectivity index (χ1n) is 10.5. The number of anilines is 1. The number of carbonyl (C=O) groups excluding carboxylic acids is 1. The topological polar surface area (TPSA) is 122 Å². The molecule has 0 spiro atoms. The number of ether oxygens (including phenoxy) is 1. The fourth-order valence-corrected chi connectivity index (χ4v) is 4.68. The molecule has 4 rings (SSSR count). The van der Waals surface area contributed by atoms with Gasteiger partial charge >= 0.3 is 0 Å². The van der Waals surface area contributed by atoms with Gasteiger partial charge in [-0.1, -0.05) is 26.0 Å². The molecule has 8 nitrogen and oxygen atoms in total. The van der Waals surface area contributed by atoms with Crippen LogP contribution in [-0.4, -0.2) is 17.8 Å². The molecule has 33 heavy (non-hydrogen) atoms. The van der Waals surface area contributed by atoms with Crippen molar-refractivity contribution in [1.82, 2.24) is 0 Å². The molecule has 2 aromatic carbocycles. The van der Waals surface area contributed by atoms with E-state index >= 15 is 0 Å². The van der Waals surface area contributed by atoms with Gasteiger partial charge in [0.05, 0.1) is 29.6 Å². The highest BCUT2D eigenvalue weighted by atomic mass is 16.6. The maximum Gasteiger partial charge on any atom is 0.269 e. The van der Waals surface area contributed by atoms with Crippen molar-refractivity contribution in [2.75, 3.05) is 12.0 Å².